The Bertz CT molecular complexity index is 1190. The van der Waals surface area contributed by atoms with Gasteiger partial charge in [-0.1, -0.05) is 0 Å². The fraction of sp³-hybridized carbons (Fsp3) is 0.0952. The Hall–Kier alpha value is -3.75. The number of ether oxygens (including phenoxy) is 1. The highest BCUT2D eigenvalue weighted by Gasteiger charge is 2.32. The molecule has 0 spiro atoms. The third kappa shape index (κ3) is 4.00. The van der Waals surface area contributed by atoms with Crippen LogP contribution in [-0.4, -0.2) is 21.4 Å². The molecule has 2 heterocycles. The molecule has 0 amide bonds. The number of phenols is 1. The summed E-state index contributed by atoms with van der Waals surface area (Å²) in [6, 6.07) is 12.6. The monoisotopic (exact) mass is 418 g/mol. The second kappa shape index (κ2) is 7.25. The molecule has 0 radical (unpaired) electrons. The highest BCUT2D eigenvalue weighted by molar-refractivity contribution is 5.68. The first-order valence-electron chi connectivity index (χ1n) is 8.71. The van der Waals surface area contributed by atoms with Gasteiger partial charge in [-0.15, -0.1) is 13.2 Å². The van der Waals surface area contributed by atoms with Crippen molar-refractivity contribution in [2.24, 2.45) is 0 Å². The van der Waals surface area contributed by atoms with Gasteiger partial charge in [0.15, 0.2) is 23.1 Å². The predicted molar refractivity (Wildman–Crippen MR) is 100 cm³/mol. The summed E-state index contributed by atoms with van der Waals surface area (Å²) in [5, 5.41) is 9.59. The van der Waals surface area contributed by atoms with Crippen LogP contribution in [0.25, 0.3) is 34.2 Å². The van der Waals surface area contributed by atoms with E-state index in [0.717, 1.165) is 23.4 Å². The van der Waals surface area contributed by atoms with Gasteiger partial charge in [0.05, 0.1) is 5.69 Å². The van der Waals surface area contributed by atoms with Crippen LogP contribution < -0.4 is 4.74 Å². The van der Waals surface area contributed by atoms with E-state index < -0.39 is 17.9 Å². The average Bonchev–Trinajstić information content (AvgIpc) is 3.30. The fourth-order valence-corrected chi connectivity index (χ4v) is 2.96. The third-order valence-electron chi connectivity index (χ3n) is 4.31. The number of furan rings is 1. The minimum atomic E-state index is -4.94. The van der Waals surface area contributed by atoms with Gasteiger partial charge in [0.2, 0.25) is 0 Å². The second-order valence-electron chi connectivity index (χ2n) is 6.46. The van der Waals surface area contributed by atoms with E-state index >= 15 is 0 Å². The van der Waals surface area contributed by atoms with Crippen LogP contribution in [0.3, 0.4) is 0 Å². The standard InChI is InChI=1S/C21H14F4N2O3/c1-11-19(12-2-5-14(22)6-3-12)27-20(26-11)17-9-8-16(29-17)13-4-7-15(28)18(10-13)30-21(23,24)25/h2-10,28H,1H3,(H,26,27). The summed E-state index contributed by atoms with van der Waals surface area (Å²) in [7, 11) is 0. The lowest BCUT2D eigenvalue weighted by Gasteiger charge is -2.11. The quantitative estimate of drug-likeness (QED) is 0.396. The largest absolute Gasteiger partial charge is 0.573 e. The number of hydrogen-bond acceptors (Lipinski definition) is 4. The van der Waals surface area contributed by atoms with Crippen molar-refractivity contribution in [2.45, 2.75) is 13.3 Å². The van der Waals surface area contributed by atoms with Gasteiger partial charge >= 0.3 is 6.36 Å². The second-order valence-corrected chi connectivity index (χ2v) is 6.46. The number of imidazole rings is 1. The molecule has 5 nitrogen and oxygen atoms in total. The zero-order valence-electron chi connectivity index (χ0n) is 15.4. The Balaban J connectivity index is 1.65. The molecule has 154 valence electrons. The molecule has 0 aliphatic heterocycles. The zero-order chi connectivity index (χ0) is 21.5. The molecule has 0 bridgehead atoms. The summed E-state index contributed by atoms with van der Waals surface area (Å²) >= 11 is 0. The molecule has 9 heteroatoms. The molecule has 30 heavy (non-hydrogen) atoms. The number of aromatic amines is 1. The van der Waals surface area contributed by atoms with E-state index in [0.29, 0.717) is 17.3 Å². The topological polar surface area (TPSA) is 71.3 Å². The molecule has 0 saturated heterocycles. The van der Waals surface area contributed by atoms with Crippen LogP contribution in [0.15, 0.2) is 59.0 Å². The third-order valence-corrected chi connectivity index (χ3v) is 4.31. The lowest BCUT2D eigenvalue weighted by Crippen LogP contribution is -2.17. The molecule has 0 saturated carbocycles. The maximum Gasteiger partial charge on any atom is 0.573 e. The van der Waals surface area contributed by atoms with Crippen LogP contribution >= 0.6 is 0 Å². The van der Waals surface area contributed by atoms with Crippen LogP contribution in [0.5, 0.6) is 11.5 Å². The number of aryl methyl sites for hydroxylation is 1. The number of hydrogen-bond donors (Lipinski definition) is 2. The van der Waals surface area contributed by atoms with Gasteiger partial charge in [0, 0.05) is 16.8 Å². The SMILES string of the molecule is Cc1[nH]c(-c2ccc(-c3ccc(O)c(OC(F)(F)F)c3)o2)nc1-c1ccc(F)cc1. The first-order valence-corrected chi connectivity index (χ1v) is 8.71. The number of rotatable bonds is 4. The highest BCUT2D eigenvalue weighted by Crippen LogP contribution is 2.37. The van der Waals surface area contributed by atoms with Crippen molar-refractivity contribution in [3.63, 3.8) is 0 Å². The fourth-order valence-electron chi connectivity index (χ4n) is 2.96. The molecule has 0 fully saturated rings. The van der Waals surface area contributed by atoms with E-state index in [9.17, 15) is 22.7 Å². The van der Waals surface area contributed by atoms with Crippen LogP contribution in [0.4, 0.5) is 17.6 Å². The molecular weight excluding hydrogens is 404 g/mol. The Morgan fingerprint density at radius 3 is 2.33 bits per heavy atom. The summed E-state index contributed by atoms with van der Waals surface area (Å²) in [6.07, 6.45) is -4.94. The summed E-state index contributed by atoms with van der Waals surface area (Å²) in [5.41, 5.74) is 2.35. The molecule has 0 aliphatic rings. The highest BCUT2D eigenvalue weighted by atomic mass is 19.4. The number of phenolic OH excluding ortho intramolecular Hbond substituents is 1. The van der Waals surface area contributed by atoms with E-state index in [1.54, 1.807) is 31.2 Å². The minimum Gasteiger partial charge on any atom is -0.504 e. The van der Waals surface area contributed by atoms with Crippen molar-refractivity contribution >= 4 is 0 Å². The maximum absolute atomic E-state index is 13.2. The van der Waals surface area contributed by atoms with Crippen LogP contribution in [0, 0.1) is 12.7 Å². The summed E-state index contributed by atoms with van der Waals surface area (Å²) in [5.74, 6) is -0.713. The van der Waals surface area contributed by atoms with Gasteiger partial charge < -0.3 is 19.2 Å². The summed E-state index contributed by atoms with van der Waals surface area (Å²) < 4.78 is 60.2. The molecule has 2 N–H and O–H groups in total. The number of halogens is 4. The summed E-state index contributed by atoms with van der Waals surface area (Å²) in [6.45, 7) is 1.81. The molecule has 0 atom stereocenters. The van der Waals surface area contributed by atoms with E-state index in [-0.39, 0.29) is 17.1 Å². The normalized spacial score (nSPS) is 11.6. The van der Waals surface area contributed by atoms with E-state index in [4.69, 9.17) is 4.42 Å². The smallest absolute Gasteiger partial charge is 0.504 e. The Labute approximate surface area is 167 Å². The molecule has 0 aliphatic carbocycles. The van der Waals surface area contributed by atoms with E-state index in [2.05, 4.69) is 14.7 Å². The molecule has 2 aromatic heterocycles. The van der Waals surface area contributed by atoms with Crippen molar-refractivity contribution in [1.82, 2.24) is 9.97 Å². The van der Waals surface area contributed by atoms with Crippen molar-refractivity contribution in [1.29, 1.82) is 0 Å². The number of aromatic nitrogens is 2. The molecule has 4 aromatic rings. The molecular formula is C21H14F4N2O3. The van der Waals surface area contributed by atoms with Crippen molar-refractivity contribution in [2.75, 3.05) is 0 Å². The number of H-pyrrole nitrogens is 1. The van der Waals surface area contributed by atoms with Crippen LogP contribution in [-0.2, 0) is 0 Å². The number of nitrogens with one attached hydrogen (secondary N) is 1. The van der Waals surface area contributed by atoms with E-state index in [1.807, 2.05) is 0 Å². The number of alkyl halides is 3. The molecule has 2 aromatic carbocycles. The number of benzene rings is 2. The van der Waals surface area contributed by atoms with Gasteiger partial charge in [-0.25, -0.2) is 9.37 Å². The van der Waals surface area contributed by atoms with Crippen molar-refractivity contribution < 1.29 is 31.8 Å². The Morgan fingerprint density at radius 2 is 1.63 bits per heavy atom. The van der Waals surface area contributed by atoms with Gasteiger partial charge in [-0.2, -0.15) is 0 Å². The lowest BCUT2D eigenvalue weighted by atomic mass is 10.1. The predicted octanol–water partition coefficient (Wildman–Crippen LogP) is 6.06. The van der Waals surface area contributed by atoms with Crippen LogP contribution in [0.1, 0.15) is 5.69 Å². The van der Waals surface area contributed by atoms with Crippen molar-refractivity contribution in [3.8, 4) is 45.7 Å². The first-order chi connectivity index (χ1) is 14.2. The first kappa shape index (κ1) is 19.6. The minimum absolute atomic E-state index is 0.259. The Kier molecular flexibility index (Phi) is 4.73. The van der Waals surface area contributed by atoms with E-state index in [1.165, 1.54) is 18.2 Å². The lowest BCUT2D eigenvalue weighted by molar-refractivity contribution is -0.275. The number of aromatic hydroxyl groups is 1. The average molecular weight is 418 g/mol. The number of nitrogens with zero attached hydrogens (tertiary/aromatic N) is 1. The Morgan fingerprint density at radius 1 is 0.967 bits per heavy atom. The van der Waals surface area contributed by atoms with Gasteiger partial charge in [0.1, 0.15) is 11.6 Å². The van der Waals surface area contributed by atoms with Crippen LogP contribution in [0.2, 0.25) is 0 Å². The molecule has 0 unspecified atom stereocenters. The molecule has 4 rings (SSSR count). The van der Waals surface area contributed by atoms with Gasteiger partial charge in [-0.3, -0.25) is 0 Å². The zero-order valence-corrected chi connectivity index (χ0v) is 15.4. The van der Waals surface area contributed by atoms with Crippen molar-refractivity contribution in [3.05, 3.63) is 66.1 Å². The van der Waals surface area contributed by atoms with Gasteiger partial charge in [0.25, 0.3) is 0 Å². The maximum atomic E-state index is 13.2. The summed E-state index contributed by atoms with van der Waals surface area (Å²) in [4.78, 5) is 7.56. The van der Waals surface area contributed by atoms with Gasteiger partial charge in [-0.05, 0) is 61.5 Å².